The lowest BCUT2D eigenvalue weighted by Crippen LogP contribution is -2.55. The second kappa shape index (κ2) is 17.2. The van der Waals surface area contributed by atoms with E-state index in [1.165, 1.54) is 0 Å². The fourth-order valence-corrected chi connectivity index (χ4v) is 6.74. The molecule has 52 heavy (non-hydrogen) atoms. The largest absolute Gasteiger partial charge is 0.491 e. The minimum Gasteiger partial charge on any atom is -0.491 e. The number of benzene rings is 2. The lowest BCUT2D eigenvalue weighted by atomic mass is 10.0. The van der Waals surface area contributed by atoms with Crippen molar-refractivity contribution < 1.29 is 28.7 Å². The van der Waals surface area contributed by atoms with Crippen LogP contribution in [0.3, 0.4) is 0 Å². The zero-order valence-corrected chi connectivity index (χ0v) is 30.3. The first kappa shape index (κ1) is 37.0. The Morgan fingerprint density at radius 2 is 1.73 bits per heavy atom. The minimum atomic E-state index is -0.961. The van der Waals surface area contributed by atoms with Gasteiger partial charge < -0.3 is 30.7 Å². The molecule has 278 valence electrons. The van der Waals surface area contributed by atoms with Crippen LogP contribution in [-0.4, -0.2) is 75.8 Å². The number of carbonyl (C=O) groups is 4. The average molecular weight is 714 g/mol. The van der Waals surface area contributed by atoms with E-state index in [0.29, 0.717) is 61.5 Å². The number of fused-ring (bicyclic) bond motifs is 14. The van der Waals surface area contributed by atoms with E-state index in [2.05, 4.69) is 35.1 Å². The Bertz CT molecular complexity index is 1680. The highest BCUT2D eigenvalue weighted by molar-refractivity contribution is 5.93. The molecule has 1 saturated heterocycles. The number of amides is 4. The van der Waals surface area contributed by atoms with E-state index in [0.717, 1.165) is 30.4 Å². The SMILES string of the molecule is CC(C)C[C@H]1COc2ccc(cc2)C[C@H](NC(=O)[C@H]2CCCO2)C(=O)N[C@H](C)C(=O)N[C@H](Cc2ccccc2)c2nc(CC3CC3)nn2CC(=O)N1. The van der Waals surface area contributed by atoms with Gasteiger partial charge in [0.2, 0.25) is 23.6 Å². The smallest absolute Gasteiger partial charge is 0.249 e. The van der Waals surface area contributed by atoms with Crippen molar-refractivity contribution in [1.82, 2.24) is 36.0 Å². The third-order valence-corrected chi connectivity index (χ3v) is 9.66. The Kier molecular flexibility index (Phi) is 12.2. The zero-order valence-electron chi connectivity index (χ0n) is 30.3. The molecule has 2 fully saturated rings. The van der Waals surface area contributed by atoms with Gasteiger partial charge in [0.05, 0.1) is 12.1 Å². The van der Waals surface area contributed by atoms with Gasteiger partial charge in [-0.1, -0.05) is 56.3 Å². The molecular weight excluding hydrogens is 662 g/mol. The molecule has 2 bridgehead atoms. The molecule has 4 N–H and O–H groups in total. The molecule has 13 nitrogen and oxygen atoms in total. The van der Waals surface area contributed by atoms with Crippen molar-refractivity contribution in [2.24, 2.45) is 11.8 Å². The monoisotopic (exact) mass is 713 g/mol. The average Bonchev–Trinajstić information content (AvgIpc) is 3.58. The van der Waals surface area contributed by atoms with E-state index in [-0.39, 0.29) is 37.4 Å². The maximum absolute atomic E-state index is 13.9. The van der Waals surface area contributed by atoms with Gasteiger partial charge in [-0.15, -0.1) is 0 Å². The Morgan fingerprint density at radius 1 is 0.962 bits per heavy atom. The van der Waals surface area contributed by atoms with Gasteiger partial charge in [-0.25, -0.2) is 9.67 Å². The summed E-state index contributed by atoms with van der Waals surface area (Å²) in [6.07, 6.45) is 4.93. The summed E-state index contributed by atoms with van der Waals surface area (Å²) in [5.74, 6) is 1.00. The second-order valence-corrected chi connectivity index (χ2v) is 14.8. The standard InChI is InChI=1S/C39H51N7O6/c1-24(2)18-29-23-52-30-15-13-27(14-16-30)20-32(43-39(50)33-10-7-17-51-33)38(49)40-25(3)37(48)42-31(19-26-8-5-4-6-9-26)36-44-34(21-28-11-12-28)45-46(36)22-35(47)41-29/h4-6,8-9,13-16,24-25,28-29,31-33H,7,10-12,17-23H2,1-3H3,(H,40,49)(H,41,47)(H,42,48)(H,43,50)/t25-,29+,31-,32+,33-/m1/s1. The van der Waals surface area contributed by atoms with Gasteiger partial charge in [-0.2, -0.15) is 5.10 Å². The van der Waals surface area contributed by atoms with Gasteiger partial charge in [0.25, 0.3) is 0 Å². The molecule has 4 aliphatic rings. The Labute approximate surface area is 305 Å². The topological polar surface area (TPSA) is 166 Å². The molecule has 1 aromatic heterocycles. The highest BCUT2D eigenvalue weighted by atomic mass is 16.5. The highest BCUT2D eigenvalue weighted by Gasteiger charge is 2.32. The van der Waals surface area contributed by atoms with E-state index in [4.69, 9.17) is 19.6 Å². The molecule has 3 aliphatic heterocycles. The van der Waals surface area contributed by atoms with E-state index in [1.807, 2.05) is 54.6 Å². The second-order valence-electron chi connectivity index (χ2n) is 14.8. The van der Waals surface area contributed by atoms with E-state index >= 15 is 0 Å². The molecule has 7 rings (SSSR count). The van der Waals surface area contributed by atoms with Gasteiger partial charge in [0.15, 0.2) is 11.6 Å². The van der Waals surface area contributed by atoms with Crippen LogP contribution < -0.4 is 26.0 Å². The number of hydrogen-bond donors (Lipinski definition) is 4. The molecule has 1 aliphatic carbocycles. The molecule has 2 aromatic carbocycles. The minimum absolute atomic E-state index is 0.0875. The number of hydrogen-bond acceptors (Lipinski definition) is 8. The van der Waals surface area contributed by atoms with Gasteiger partial charge in [-0.05, 0) is 80.5 Å². The van der Waals surface area contributed by atoms with Gasteiger partial charge in [0, 0.05) is 19.4 Å². The number of nitrogens with zero attached hydrogens (tertiary/aromatic N) is 3. The van der Waals surface area contributed by atoms with Gasteiger partial charge in [-0.3, -0.25) is 19.2 Å². The van der Waals surface area contributed by atoms with Crippen molar-refractivity contribution >= 4 is 23.6 Å². The summed E-state index contributed by atoms with van der Waals surface area (Å²) in [6, 6.07) is 14.2. The quantitative estimate of drug-likeness (QED) is 0.277. The predicted molar refractivity (Wildman–Crippen MR) is 193 cm³/mol. The van der Waals surface area contributed by atoms with Crippen molar-refractivity contribution in [3.8, 4) is 5.75 Å². The van der Waals surface area contributed by atoms with Crippen LogP contribution in [0.4, 0.5) is 0 Å². The predicted octanol–water partition coefficient (Wildman–Crippen LogP) is 2.97. The summed E-state index contributed by atoms with van der Waals surface area (Å²) in [7, 11) is 0. The molecule has 13 heteroatoms. The van der Waals surface area contributed by atoms with Crippen molar-refractivity contribution in [2.45, 2.75) is 109 Å². The Balaban J connectivity index is 1.32. The first-order valence-corrected chi connectivity index (χ1v) is 18.6. The van der Waals surface area contributed by atoms with Crippen LogP contribution >= 0.6 is 0 Å². The van der Waals surface area contributed by atoms with E-state index < -0.39 is 36.0 Å². The number of aromatic nitrogens is 3. The number of nitrogens with one attached hydrogen (secondary N) is 4. The van der Waals surface area contributed by atoms with Crippen molar-refractivity contribution in [2.75, 3.05) is 13.2 Å². The molecular formula is C39H51N7O6. The first-order valence-electron chi connectivity index (χ1n) is 18.6. The van der Waals surface area contributed by atoms with Crippen LogP contribution in [0.25, 0.3) is 0 Å². The zero-order chi connectivity index (χ0) is 36.6. The van der Waals surface area contributed by atoms with Crippen LogP contribution in [0.1, 0.15) is 81.7 Å². The summed E-state index contributed by atoms with van der Waals surface area (Å²) in [5.41, 5.74) is 1.75. The Hall–Kier alpha value is -4.78. The van der Waals surface area contributed by atoms with Gasteiger partial charge in [0.1, 0.15) is 37.1 Å². The van der Waals surface area contributed by atoms with Crippen LogP contribution in [0.5, 0.6) is 5.75 Å². The van der Waals surface area contributed by atoms with E-state index in [1.54, 1.807) is 11.6 Å². The molecule has 0 radical (unpaired) electrons. The normalized spacial score (nSPS) is 24.7. The van der Waals surface area contributed by atoms with Crippen molar-refractivity contribution in [1.29, 1.82) is 0 Å². The third-order valence-electron chi connectivity index (χ3n) is 9.66. The molecule has 1 saturated carbocycles. The van der Waals surface area contributed by atoms with Crippen LogP contribution in [0.2, 0.25) is 0 Å². The van der Waals surface area contributed by atoms with Crippen LogP contribution in [0, 0.1) is 11.8 Å². The fourth-order valence-electron chi connectivity index (χ4n) is 6.74. The maximum Gasteiger partial charge on any atom is 0.249 e. The summed E-state index contributed by atoms with van der Waals surface area (Å²) >= 11 is 0. The van der Waals surface area contributed by atoms with Gasteiger partial charge >= 0.3 is 0 Å². The van der Waals surface area contributed by atoms with E-state index in [9.17, 15) is 19.2 Å². The highest BCUT2D eigenvalue weighted by Crippen LogP contribution is 2.32. The summed E-state index contributed by atoms with van der Waals surface area (Å²) in [6.45, 7) is 6.47. The molecule has 3 aromatic rings. The molecule has 5 atom stereocenters. The van der Waals surface area contributed by atoms with Crippen LogP contribution in [-0.2, 0) is 49.7 Å². The molecule has 0 spiro atoms. The molecule has 4 heterocycles. The van der Waals surface area contributed by atoms with Crippen molar-refractivity contribution in [3.05, 3.63) is 77.4 Å². The van der Waals surface area contributed by atoms with Crippen LogP contribution in [0.15, 0.2) is 54.6 Å². The third kappa shape index (κ3) is 10.4. The number of carbonyl (C=O) groups excluding carboxylic acids is 4. The fraction of sp³-hybridized carbons (Fsp3) is 0.538. The maximum atomic E-state index is 13.9. The Morgan fingerprint density at radius 3 is 2.42 bits per heavy atom. The number of rotatable bonds is 8. The summed E-state index contributed by atoms with van der Waals surface area (Å²) in [5, 5.41) is 16.8. The summed E-state index contributed by atoms with van der Waals surface area (Å²) < 4.78 is 13.3. The lowest BCUT2D eigenvalue weighted by Gasteiger charge is -2.25. The first-order chi connectivity index (χ1) is 25.1. The van der Waals surface area contributed by atoms with Crippen molar-refractivity contribution in [3.63, 3.8) is 0 Å². The lowest BCUT2D eigenvalue weighted by molar-refractivity contribution is -0.135. The number of ether oxygens (including phenoxy) is 2. The molecule has 0 unspecified atom stereocenters. The molecule has 4 amide bonds. The summed E-state index contributed by atoms with van der Waals surface area (Å²) in [4.78, 5) is 59.4.